The molecule has 0 spiro atoms. The number of hydrogen-bond donors (Lipinski definition) is 17. The maximum atomic E-state index is 12.4. The summed E-state index contributed by atoms with van der Waals surface area (Å²) in [7, 11) is 0. The van der Waals surface area contributed by atoms with E-state index in [-0.39, 0.29) is 136 Å². The van der Waals surface area contributed by atoms with Gasteiger partial charge in [0, 0.05) is 90.3 Å². The number of aliphatic hydroxyl groups is 16. The van der Waals surface area contributed by atoms with Crippen molar-refractivity contribution in [2.24, 2.45) is 0 Å². The van der Waals surface area contributed by atoms with Crippen LogP contribution >= 0.6 is 94.1 Å². The zero-order valence-electron chi connectivity index (χ0n) is 65.5. The largest absolute Gasteiger partial charge is 0.481 e. The van der Waals surface area contributed by atoms with Crippen LogP contribution in [0.3, 0.4) is 0 Å². The molecule has 0 aromatic rings. The molecule has 30 rings (SSSR count). The first-order chi connectivity index (χ1) is 58.1. The zero-order valence-corrected chi connectivity index (χ0v) is 72.0. The predicted molar refractivity (Wildman–Crippen MR) is 430 cm³/mol. The van der Waals surface area contributed by atoms with E-state index < -0.39 is 258 Å². The molecule has 16 bridgehead atoms. The standard InChI is InChI=1S/C72H112O41S8/c1-31(79)22-121-30-39-64-48(89)56(97)72(105-39)111-62-37(28-119-20-7-14-78)101-68(52(93)45(62)86)107-58-33(24-115-16-3-10-74)98-65(49(90)41(58)82)108-59-34(25-116-17-4-11-75)102-69(53(94)44(59)85)112-63-38(29-120-21-8-40(80)81)104-71(55(96)47(63)88)110-61-35(26-117-18-5-12-76)100-67(51(92)43(61)84)106-57-32(23-114-15-2-9-73)99-66(50(91)42(57)83)109-60-36(27-118-19-6-13-77)103-70(113-64)54(95)46(60)87/h9-14,32-39,41-72,82-97H,2-8,15-30H2,1H3,(H,80,81). The highest BCUT2D eigenvalue weighted by molar-refractivity contribution is 8.01. The topological polar surface area (TPSA) is 628 Å². The van der Waals surface area contributed by atoms with E-state index in [9.17, 15) is 125 Å². The van der Waals surface area contributed by atoms with E-state index in [0.717, 1.165) is 94.1 Å². The van der Waals surface area contributed by atoms with Crippen LogP contribution in [0.4, 0.5) is 0 Å². The summed E-state index contributed by atoms with van der Waals surface area (Å²) in [6.45, 7) is 1.29. The van der Waals surface area contributed by atoms with Gasteiger partial charge in [0.25, 0.3) is 0 Å². The molecule has 0 saturated carbocycles. The molecule has 17 N–H and O–H groups in total. The molecule has 121 heavy (non-hydrogen) atoms. The summed E-state index contributed by atoms with van der Waals surface area (Å²) in [6.07, 6.45) is -73.0. The van der Waals surface area contributed by atoms with Crippen molar-refractivity contribution in [3.63, 3.8) is 0 Å². The monoisotopic (exact) mass is 1890 g/mol. The maximum absolute atomic E-state index is 12.4. The Morgan fingerprint density at radius 3 is 0.521 bits per heavy atom. The summed E-state index contributed by atoms with van der Waals surface area (Å²) >= 11 is 8.44. The molecule has 40 atom stereocenters. The lowest BCUT2D eigenvalue weighted by Crippen LogP contribution is -2.69. The number of carbonyl (C=O) groups excluding carboxylic acids is 7. The molecule has 0 radical (unpaired) electrons. The van der Waals surface area contributed by atoms with Gasteiger partial charge in [-0.15, -0.1) is 0 Å². The summed E-state index contributed by atoms with van der Waals surface area (Å²) in [6, 6.07) is 0. The number of aliphatic carboxylic acids is 1. The Morgan fingerprint density at radius 2 is 0.380 bits per heavy atom. The number of carbonyl (C=O) groups is 8. The van der Waals surface area contributed by atoms with Crippen LogP contribution in [0.1, 0.15) is 51.9 Å². The summed E-state index contributed by atoms with van der Waals surface area (Å²) in [5, 5.41) is 205. The molecular weight excluding hydrogens is 1780 g/mol. The molecule has 49 heteroatoms. The van der Waals surface area contributed by atoms with Crippen LogP contribution in [0, 0.1) is 0 Å². The molecule has 694 valence electrons. The molecule has 40 unspecified atom stereocenters. The Labute approximate surface area is 729 Å². The van der Waals surface area contributed by atoms with Gasteiger partial charge in [0.05, 0.1) is 61.0 Å². The van der Waals surface area contributed by atoms with Gasteiger partial charge in [-0.3, -0.25) is 9.59 Å². The van der Waals surface area contributed by atoms with Crippen LogP contribution < -0.4 is 0 Å². The van der Waals surface area contributed by atoms with Gasteiger partial charge in [-0.1, -0.05) is 0 Å². The van der Waals surface area contributed by atoms with E-state index in [2.05, 4.69) is 0 Å². The Bertz CT molecular complexity index is 3090. The van der Waals surface area contributed by atoms with Gasteiger partial charge in [-0.05, 0) is 41.4 Å². The fourth-order valence-corrected chi connectivity index (χ4v) is 21.9. The van der Waals surface area contributed by atoms with Gasteiger partial charge < -0.3 is 191 Å². The number of hydrogen-bond acceptors (Lipinski definition) is 48. The average Bonchev–Trinajstić information content (AvgIpc) is 0.770. The molecule has 30 aliphatic heterocycles. The molecule has 30 fully saturated rings. The van der Waals surface area contributed by atoms with E-state index in [0.29, 0.717) is 37.7 Å². The second kappa shape index (κ2) is 52.1. The Kier molecular flexibility index (Phi) is 44.5. The van der Waals surface area contributed by atoms with E-state index in [4.69, 9.17) is 75.8 Å². The summed E-state index contributed by atoms with van der Waals surface area (Å²) in [4.78, 5) is 93.7. The molecule has 41 nitrogen and oxygen atoms in total. The number of Topliss-reactive ketones (excluding diaryl/α,β-unsaturated/α-hetero) is 1. The third kappa shape index (κ3) is 28.1. The van der Waals surface area contributed by atoms with E-state index in [1.54, 1.807) is 0 Å². The lowest BCUT2D eigenvalue weighted by atomic mass is 9.95. The second-order valence-electron chi connectivity index (χ2n) is 29.6. The first-order valence-electron chi connectivity index (χ1n) is 39.4. The number of thioether (sulfide) groups is 8. The van der Waals surface area contributed by atoms with E-state index in [1.165, 1.54) is 6.92 Å². The number of aldehydes is 6. The first-order valence-corrected chi connectivity index (χ1v) is 48.7. The van der Waals surface area contributed by atoms with Crippen LogP contribution in [0.5, 0.6) is 0 Å². The highest BCUT2D eigenvalue weighted by Crippen LogP contribution is 2.43. The lowest BCUT2D eigenvalue weighted by molar-refractivity contribution is -0.396. The third-order valence-electron chi connectivity index (χ3n) is 20.8. The van der Waals surface area contributed by atoms with E-state index in [1.807, 2.05) is 0 Å². The number of aliphatic hydroxyl groups excluding tert-OH is 16. The quantitative estimate of drug-likeness (QED) is 0.0201. The fraction of sp³-hybridized carbons (Fsp3) is 0.889. The third-order valence-corrected chi connectivity index (χ3v) is 29.5. The molecule has 30 aliphatic rings. The minimum absolute atomic E-state index is 0.00401. The van der Waals surface area contributed by atoms with E-state index >= 15 is 0 Å². The smallest absolute Gasteiger partial charge is 0.304 e. The molecule has 0 aliphatic carbocycles. The highest BCUT2D eigenvalue weighted by atomic mass is 32.2. The molecule has 30 saturated heterocycles. The van der Waals surface area contributed by atoms with Crippen molar-refractivity contribution in [2.45, 2.75) is 298 Å². The molecule has 30 heterocycles. The number of carboxylic acid groups (broad SMARTS) is 1. The summed E-state index contributed by atoms with van der Waals surface area (Å²) in [5.74, 6) is -2.59. The van der Waals surface area contributed by atoms with Gasteiger partial charge >= 0.3 is 5.97 Å². The Morgan fingerprint density at radius 1 is 0.231 bits per heavy atom. The SMILES string of the molecule is CC(=O)CSCC1OC2OC3C(CSCCC=O)OC(OC4C(CSCCC=O)OC(OC5C(CSCCC=O)OC(OC6C(CSCCC(=O)O)OC(OC7C(CSCCC=O)OC(OC8C(CSCCC=O)OC(OC9C(CSCCC=O)OC(OC1C(O)C2O)C(O)C9O)C(O)C8O)C(O)C7O)C(O)C6O)C(O)C5O)C(O)C4O)C(O)C3O. The normalized spacial score (nSPS) is 43.2. The van der Waals surface area contributed by atoms with Crippen molar-refractivity contribution in [1.82, 2.24) is 0 Å². The summed E-state index contributed by atoms with van der Waals surface area (Å²) in [5.41, 5.74) is 0. The Hall–Kier alpha value is -1.32. The Balaban J connectivity index is 1.10. The predicted octanol–water partition coefficient (Wildman–Crippen LogP) is -6.88. The van der Waals surface area contributed by atoms with Crippen molar-refractivity contribution in [1.29, 1.82) is 0 Å². The van der Waals surface area contributed by atoms with Gasteiger partial charge in [-0.2, -0.15) is 94.1 Å². The minimum atomic E-state index is -2.21. The average molecular weight is 1890 g/mol. The van der Waals surface area contributed by atoms with Gasteiger partial charge in [0.1, 0.15) is 190 Å². The van der Waals surface area contributed by atoms with Crippen molar-refractivity contribution >= 4 is 144 Å². The van der Waals surface area contributed by atoms with Crippen LogP contribution in [0.25, 0.3) is 0 Å². The molecule has 0 aromatic carbocycles. The number of ketones is 1. The molecule has 0 amide bonds. The lowest BCUT2D eigenvalue weighted by Gasteiger charge is -2.51. The van der Waals surface area contributed by atoms with Gasteiger partial charge in [0.2, 0.25) is 0 Å². The van der Waals surface area contributed by atoms with Crippen molar-refractivity contribution in [3.05, 3.63) is 0 Å². The molecular formula is C72H112O41S8. The van der Waals surface area contributed by atoms with Gasteiger partial charge in [-0.25, -0.2) is 0 Å². The fourth-order valence-electron chi connectivity index (χ4n) is 14.5. The van der Waals surface area contributed by atoms with Crippen LogP contribution in [-0.2, 0) is 114 Å². The van der Waals surface area contributed by atoms with Crippen molar-refractivity contribution in [2.75, 3.05) is 92.0 Å². The molecule has 0 aromatic heterocycles. The van der Waals surface area contributed by atoms with Crippen LogP contribution in [0.15, 0.2) is 0 Å². The first kappa shape index (κ1) is 103. The van der Waals surface area contributed by atoms with Gasteiger partial charge in [0.15, 0.2) is 50.3 Å². The minimum Gasteiger partial charge on any atom is -0.481 e. The highest BCUT2D eigenvalue weighted by Gasteiger charge is 2.61. The number of rotatable bonds is 39. The number of ether oxygens (including phenoxy) is 16. The van der Waals surface area contributed by atoms with Crippen molar-refractivity contribution < 1.29 is 201 Å². The van der Waals surface area contributed by atoms with Crippen LogP contribution in [0.2, 0.25) is 0 Å². The van der Waals surface area contributed by atoms with Crippen LogP contribution in [-0.4, -0.2) is 474 Å². The van der Waals surface area contributed by atoms with Crippen molar-refractivity contribution in [3.8, 4) is 0 Å². The summed E-state index contributed by atoms with van der Waals surface area (Å²) < 4.78 is 101. The second-order valence-corrected chi connectivity index (χ2v) is 38.7. The number of carboxylic acids is 1. The maximum Gasteiger partial charge on any atom is 0.304 e. The zero-order chi connectivity index (χ0) is 87.7.